The predicted molar refractivity (Wildman–Crippen MR) is 198 cm³/mol. The maximum atomic E-state index is 12.4. The Morgan fingerprint density at radius 1 is 0.830 bits per heavy atom. The number of hydrogen-bond acceptors (Lipinski definition) is 10. The second-order valence-corrected chi connectivity index (χ2v) is 13.4. The number of benzene rings is 4. The number of carbonyl (C=O) groups excluding carboxylic acids is 2. The Hall–Kier alpha value is -5.18. The lowest BCUT2D eigenvalue weighted by Crippen LogP contribution is -2.49. The van der Waals surface area contributed by atoms with E-state index in [1.165, 1.54) is 0 Å². The first-order valence-corrected chi connectivity index (χ1v) is 17.9. The lowest BCUT2D eigenvalue weighted by molar-refractivity contribution is -0.384. The summed E-state index contributed by atoms with van der Waals surface area (Å²) in [6, 6.07) is 30.5. The minimum atomic E-state index is -0.603. The molecule has 0 unspecified atom stereocenters. The molecule has 6 rings (SSSR count). The molecule has 13 nitrogen and oxygen atoms in total. The number of aliphatic hydroxyl groups is 1. The number of nitro benzene ring substituents is 1. The molecule has 2 aliphatic heterocycles. The van der Waals surface area contributed by atoms with Crippen LogP contribution in [0.15, 0.2) is 97.1 Å². The van der Waals surface area contributed by atoms with Gasteiger partial charge in [-0.3, -0.25) is 29.8 Å². The van der Waals surface area contributed by atoms with E-state index in [-0.39, 0.29) is 48.2 Å². The van der Waals surface area contributed by atoms with Crippen molar-refractivity contribution in [2.45, 2.75) is 57.3 Å². The summed E-state index contributed by atoms with van der Waals surface area (Å²) >= 11 is 0. The van der Waals surface area contributed by atoms with E-state index in [1.54, 1.807) is 17.6 Å². The van der Waals surface area contributed by atoms with Crippen LogP contribution in [0.25, 0.3) is 11.1 Å². The number of carbonyl (C=O) groups is 2. The summed E-state index contributed by atoms with van der Waals surface area (Å²) in [5, 5.41) is 32.2. The molecule has 0 aliphatic carbocycles. The van der Waals surface area contributed by atoms with Gasteiger partial charge in [0.1, 0.15) is 0 Å². The molecule has 0 bridgehead atoms. The summed E-state index contributed by atoms with van der Waals surface area (Å²) in [6.07, 6.45) is 0.333. The Morgan fingerprint density at radius 3 is 2.19 bits per heavy atom. The number of hydrogen-bond donors (Lipinski definition) is 4. The summed E-state index contributed by atoms with van der Waals surface area (Å²) < 4.78 is 13.2. The molecule has 2 heterocycles. The van der Waals surface area contributed by atoms with Gasteiger partial charge >= 0.3 is 0 Å². The number of hydroxylamine groups is 1. The molecule has 13 heteroatoms. The Labute approximate surface area is 308 Å². The van der Waals surface area contributed by atoms with Gasteiger partial charge in [0.2, 0.25) is 11.8 Å². The zero-order chi connectivity index (χ0) is 37.2. The van der Waals surface area contributed by atoms with Gasteiger partial charge < -0.3 is 24.8 Å². The quantitative estimate of drug-likeness (QED) is 0.0751. The van der Waals surface area contributed by atoms with Crippen LogP contribution < -0.4 is 15.7 Å². The molecule has 2 aliphatic rings. The molecule has 0 spiro atoms. The van der Waals surface area contributed by atoms with E-state index in [2.05, 4.69) is 15.1 Å². The van der Waals surface area contributed by atoms with Crippen molar-refractivity contribution < 1.29 is 34.3 Å². The maximum absolute atomic E-state index is 12.4. The first kappa shape index (κ1) is 37.6. The minimum Gasteiger partial charge on any atom is -0.392 e. The van der Waals surface area contributed by atoms with E-state index >= 15 is 0 Å². The zero-order valence-electron chi connectivity index (χ0n) is 29.4. The summed E-state index contributed by atoms with van der Waals surface area (Å²) in [5.74, 6) is -0.691. The van der Waals surface area contributed by atoms with Crippen LogP contribution >= 0.6 is 0 Å². The Bertz CT molecular complexity index is 1830. The van der Waals surface area contributed by atoms with E-state index in [9.17, 15) is 24.8 Å². The van der Waals surface area contributed by atoms with Crippen molar-refractivity contribution in [3.05, 3.63) is 129 Å². The first-order chi connectivity index (χ1) is 25.8. The molecule has 4 N–H and O–H groups in total. The second-order valence-electron chi connectivity index (χ2n) is 13.4. The van der Waals surface area contributed by atoms with E-state index in [0.717, 1.165) is 71.8 Å². The summed E-state index contributed by atoms with van der Waals surface area (Å²) in [7, 11) is 0. The van der Waals surface area contributed by atoms with Gasteiger partial charge in [0.15, 0.2) is 6.29 Å². The van der Waals surface area contributed by atoms with Gasteiger partial charge in [-0.1, -0.05) is 72.8 Å². The molecule has 53 heavy (non-hydrogen) atoms. The zero-order valence-corrected chi connectivity index (χ0v) is 29.4. The third-order valence-corrected chi connectivity index (χ3v) is 9.79. The second kappa shape index (κ2) is 18.0. The third-order valence-electron chi connectivity index (χ3n) is 9.79. The highest BCUT2D eigenvalue weighted by Crippen LogP contribution is 2.39. The van der Waals surface area contributed by atoms with Gasteiger partial charge in [-0.25, -0.2) is 5.48 Å². The normalized spacial score (nSPS) is 19.1. The average molecular weight is 724 g/mol. The summed E-state index contributed by atoms with van der Waals surface area (Å²) in [6.45, 7) is 4.28. The monoisotopic (exact) mass is 723 g/mol. The number of nitrogens with one attached hydrogen (secondary N) is 2. The Kier molecular flexibility index (Phi) is 12.8. The van der Waals surface area contributed by atoms with Crippen LogP contribution in [0.1, 0.15) is 60.3 Å². The molecule has 2 amide bonds. The number of anilines is 1. The number of aliphatic hydroxyl groups excluding tert-OH is 1. The van der Waals surface area contributed by atoms with Crippen molar-refractivity contribution in [1.29, 1.82) is 0 Å². The van der Waals surface area contributed by atoms with Gasteiger partial charge in [-0.15, -0.1) is 0 Å². The SMILES string of the molecule is O=C(CCCC(=O)NCc1ccccc1-c1ccc([C@@H]2O[C@H](CN3CCN(c4ccc([N+](=O)[O-])cc4)CC3)C[C@H](c3ccc(CO)cc3)O2)cc1)NO. The van der Waals surface area contributed by atoms with E-state index in [1.807, 2.05) is 84.9 Å². The number of rotatable bonds is 14. The highest BCUT2D eigenvalue weighted by Gasteiger charge is 2.34. The minimum absolute atomic E-state index is 0.0284. The predicted octanol–water partition coefficient (Wildman–Crippen LogP) is 5.41. The first-order valence-electron chi connectivity index (χ1n) is 17.9. The Morgan fingerprint density at radius 2 is 1.51 bits per heavy atom. The van der Waals surface area contributed by atoms with Crippen LogP contribution in [0.4, 0.5) is 11.4 Å². The number of amides is 2. The van der Waals surface area contributed by atoms with Crippen molar-refractivity contribution in [2.75, 3.05) is 37.6 Å². The largest absolute Gasteiger partial charge is 0.392 e. The van der Waals surface area contributed by atoms with Crippen LogP contribution in [-0.2, 0) is 32.2 Å². The fraction of sp³-hybridized carbons (Fsp3) is 0.350. The smallest absolute Gasteiger partial charge is 0.269 e. The maximum Gasteiger partial charge on any atom is 0.269 e. The van der Waals surface area contributed by atoms with E-state index in [0.29, 0.717) is 19.4 Å². The van der Waals surface area contributed by atoms with Gasteiger partial charge in [-0.05, 0) is 46.4 Å². The van der Waals surface area contributed by atoms with Gasteiger partial charge in [-0.2, -0.15) is 0 Å². The van der Waals surface area contributed by atoms with Crippen molar-refractivity contribution in [1.82, 2.24) is 15.7 Å². The molecule has 3 atom stereocenters. The summed E-state index contributed by atoms with van der Waals surface area (Å²) in [5.41, 5.74) is 8.29. The van der Waals surface area contributed by atoms with Crippen LogP contribution in [0, 0.1) is 10.1 Å². The number of nitrogens with zero attached hydrogens (tertiary/aromatic N) is 3. The van der Waals surface area contributed by atoms with Crippen LogP contribution in [-0.4, -0.2) is 70.8 Å². The standard InChI is InChI=1S/C40H45N5O8/c46-27-28-8-10-30(11-9-28)37-24-35(26-43-20-22-44(23-21-43)33-16-18-34(19-17-33)45(50)51)52-40(53-37)31-14-12-29(13-15-31)36-5-2-1-4-32(36)25-41-38(47)6-3-7-39(48)42-49/h1-2,4-5,8-19,35,37,40,46,49H,3,6-7,20-27H2,(H,41,47)(H,42,48)/t35-,37+,40+/m0/s1. The van der Waals surface area contributed by atoms with Crippen molar-refractivity contribution in [2.24, 2.45) is 0 Å². The molecule has 2 saturated heterocycles. The fourth-order valence-electron chi connectivity index (χ4n) is 6.82. The molecule has 0 saturated carbocycles. The molecule has 278 valence electrons. The molecular weight excluding hydrogens is 678 g/mol. The van der Waals surface area contributed by atoms with E-state index < -0.39 is 12.2 Å². The number of non-ortho nitro benzene ring substituents is 1. The molecule has 2 fully saturated rings. The topological polar surface area (TPSA) is 167 Å². The van der Waals surface area contributed by atoms with Gasteiger partial charge in [0.05, 0.1) is 23.7 Å². The molecule has 4 aromatic rings. The fourth-order valence-corrected chi connectivity index (χ4v) is 6.82. The number of nitro groups is 1. The summed E-state index contributed by atoms with van der Waals surface area (Å²) in [4.78, 5) is 39.0. The van der Waals surface area contributed by atoms with Crippen LogP contribution in [0.2, 0.25) is 0 Å². The highest BCUT2D eigenvalue weighted by molar-refractivity contribution is 5.78. The van der Waals surface area contributed by atoms with Crippen LogP contribution in [0.5, 0.6) is 0 Å². The van der Waals surface area contributed by atoms with Gasteiger partial charge in [0, 0.05) is 81.9 Å². The average Bonchev–Trinajstić information content (AvgIpc) is 3.20. The van der Waals surface area contributed by atoms with Crippen molar-refractivity contribution in [3.63, 3.8) is 0 Å². The molecular formula is C40H45N5O8. The van der Waals surface area contributed by atoms with Crippen LogP contribution in [0.3, 0.4) is 0 Å². The molecule has 4 aromatic carbocycles. The van der Waals surface area contributed by atoms with Crippen molar-refractivity contribution >= 4 is 23.2 Å². The highest BCUT2D eigenvalue weighted by atomic mass is 16.7. The number of piperazine rings is 1. The third kappa shape index (κ3) is 10.0. The van der Waals surface area contributed by atoms with Crippen molar-refractivity contribution in [3.8, 4) is 11.1 Å². The van der Waals surface area contributed by atoms with E-state index in [4.69, 9.17) is 14.7 Å². The molecule has 0 radical (unpaired) electrons. The number of ether oxygens (including phenoxy) is 2. The Balaban J connectivity index is 1.11. The molecule has 0 aromatic heterocycles. The van der Waals surface area contributed by atoms with Gasteiger partial charge in [0.25, 0.3) is 5.69 Å². The lowest BCUT2D eigenvalue weighted by Gasteiger charge is -2.41. The lowest BCUT2D eigenvalue weighted by atomic mass is 9.97.